The molecule has 4 nitrogen and oxygen atoms in total. The van der Waals surface area contributed by atoms with Crippen LogP contribution in [0.3, 0.4) is 0 Å². The number of hydrogen-bond acceptors (Lipinski definition) is 4. The fraction of sp³-hybridized carbons (Fsp3) is 0.750. The number of rotatable bonds is 6. The first-order valence-electron chi connectivity index (χ1n) is 4.04. The molecule has 0 fully saturated rings. The number of nitrogens with zero attached hydrogens (tertiary/aromatic N) is 2. The lowest BCUT2D eigenvalue weighted by Gasteiger charge is -2.19. The molecule has 0 saturated heterocycles. The van der Waals surface area contributed by atoms with Gasteiger partial charge in [-0.3, -0.25) is 10.7 Å². The number of nitrogens with two attached hydrogens (primary N) is 1. The second-order valence-corrected chi connectivity index (χ2v) is 3.29. The molecule has 0 unspecified atom stereocenters. The minimum atomic E-state index is 0.796. The Hall–Kier alpha value is -0.580. The van der Waals surface area contributed by atoms with Crippen LogP contribution in [0.5, 0.6) is 0 Å². The molecule has 0 atom stereocenters. The lowest BCUT2D eigenvalue weighted by atomic mass is 10.4. The van der Waals surface area contributed by atoms with Crippen LogP contribution in [0.2, 0.25) is 0 Å². The lowest BCUT2D eigenvalue weighted by molar-refractivity contribution is 0.294. The summed E-state index contributed by atoms with van der Waals surface area (Å²) in [5, 5.41) is 0. The average molecular weight is 172 g/mol. The maximum absolute atomic E-state index is 5.19. The van der Waals surface area contributed by atoms with Gasteiger partial charge in [0, 0.05) is 25.3 Å². The topological polar surface area (TPSA) is 44.5 Å². The van der Waals surface area contributed by atoms with Crippen molar-refractivity contribution in [2.24, 2.45) is 5.84 Å². The van der Waals surface area contributed by atoms with E-state index in [0.717, 1.165) is 25.3 Å². The first-order valence-corrected chi connectivity index (χ1v) is 4.04. The largest absolute Gasteiger partial charge is 0.328 e. The molecule has 0 aromatic carbocycles. The number of nitrogens with one attached hydrogen (secondary N) is 1. The van der Waals surface area contributed by atoms with Gasteiger partial charge in [-0.15, -0.1) is 0 Å². The summed E-state index contributed by atoms with van der Waals surface area (Å²) in [7, 11) is 6.17. The van der Waals surface area contributed by atoms with Gasteiger partial charge in [0.2, 0.25) is 0 Å². The van der Waals surface area contributed by atoms with Gasteiger partial charge in [-0.25, -0.2) is 0 Å². The molecule has 0 rings (SSSR count). The molecule has 0 spiro atoms. The zero-order valence-corrected chi connectivity index (χ0v) is 8.30. The van der Waals surface area contributed by atoms with Crippen molar-refractivity contribution in [3.05, 3.63) is 12.3 Å². The zero-order valence-electron chi connectivity index (χ0n) is 8.30. The van der Waals surface area contributed by atoms with Crippen LogP contribution in [0.1, 0.15) is 0 Å². The van der Waals surface area contributed by atoms with Crippen molar-refractivity contribution in [2.45, 2.75) is 0 Å². The van der Waals surface area contributed by atoms with E-state index >= 15 is 0 Å². The molecule has 0 aromatic heterocycles. The smallest absolute Gasteiger partial charge is 0.0386 e. The van der Waals surface area contributed by atoms with E-state index in [2.05, 4.69) is 35.9 Å². The van der Waals surface area contributed by atoms with Crippen LogP contribution in [-0.2, 0) is 0 Å². The summed E-state index contributed by atoms with van der Waals surface area (Å²) in [6.07, 6.45) is 0. The van der Waals surface area contributed by atoms with E-state index in [9.17, 15) is 0 Å². The second kappa shape index (κ2) is 5.99. The summed E-state index contributed by atoms with van der Waals surface area (Å²) in [6, 6.07) is 0. The normalized spacial score (nSPS) is 10.8. The molecule has 0 bridgehead atoms. The summed E-state index contributed by atoms with van der Waals surface area (Å²) in [5.41, 5.74) is 3.38. The van der Waals surface area contributed by atoms with Gasteiger partial charge < -0.3 is 10.3 Å². The SMILES string of the molecule is C=C(CN(C)CCN(C)C)NN. The predicted molar refractivity (Wildman–Crippen MR) is 52.5 cm³/mol. The van der Waals surface area contributed by atoms with E-state index in [1.54, 1.807) is 0 Å². The number of hydrazine groups is 1. The summed E-state index contributed by atoms with van der Waals surface area (Å²) >= 11 is 0. The third-order valence-corrected chi connectivity index (χ3v) is 1.59. The highest BCUT2D eigenvalue weighted by molar-refractivity contribution is 4.91. The molecule has 0 saturated carbocycles. The van der Waals surface area contributed by atoms with E-state index < -0.39 is 0 Å². The molecular weight excluding hydrogens is 152 g/mol. The zero-order chi connectivity index (χ0) is 9.56. The second-order valence-electron chi connectivity index (χ2n) is 3.29. The van der Waals surface area contributed by atoms with E-state index in [1.807, 2.05) is 7.05 Å². The van der Waals surface area contributed by atoms with Gasteiger partial charge in [0.05, 0.1) is 0 Å². The third-order valence-electron chi connectivity index (χ3n) is 1.59. The molecular formula is C8H20N4. The molecule has 3 N–H and O–H groups in total. The highest BCUT2D eigenvalue weighted by atomic mass is 15.2. The van der Waals surface area contributed by atoms with Gasteiger partial charge in [0.1, 0.15) is 0 Å². The Balaban J connectivity index is 3.45. The molecule has 0 aromatic rings. The molecule has 12 heavy (non-hydrogen) atoms. The van der Waals surface area contributed by atoms with Gasteiger partial charge in [0.15, 0.2) is 0 Å². The van der Waals surface area contributed by atoms with Gasteiger partial charge in [-0.1, -0.05) is 6.58 Å². The van der Waals surface area contributed by atoms with Crippen LogP contribution in [0, 0.1) is 0 Å². The molecule has 72 valence electrons. The minimum absolute atomic E-state index is 0.796. The van der Waals surface area contributed by atoms with Gasteiger partial charge in [0.25, 0.3) is 0 Å². The van der Waals surface area contributed by atoms with Crippen LogP contribution in [-0.4, -0.2) is 50.6 Å². The van der Waals surface area contributed by atoms with Gasteiger partial charge in [-0.2, -0.15) is 0 Å². The quantitative estimate of drug-likeness (QED) is 0.417. The maximum Gasteiger partial charge on any atom is 0.0386 e. The summed E-state index contributed by atoms with van der Waals surface area (Å²) in [5.74, 6) is 5.19. The van der Waals surface area contributed by atoms with Crippen molar-refractivity contribution in [1.29, 1.82) is 0 Å². The average Bonchev–Trinajstić information content (AvgIpc) is 2.00. The Morgan fingerprint density at radius 2 is 1.92 bits per heavy atom. The van der Waals surface area contributed by atoms with Crippen LogP contribution in [0.25, 0.3) is 0 Å². The molecule has 0 aliphatic rings. The first-order chi connectivity index (χ1) is 5.56. The number of hydrogen-bond donors (Lipinski definition) is 2. The Morgan fingerprint density at radius 3 is 2.33 bits per heavy atom. The van der Waals surface area contributed by atoms with Crippen LogP contribution < -0.4 is 11.3 Å². The molecule has 4 heteroatoms. The highest BCUT2D eigenvalue weighted by Gasteiger charge is 1.99. The molecule has 0 aliphatic heterocycles. The monoisotopic (exact) mass is 172 g/mol. The first kappa shape index (κ1) is 11.4. The van der Waals surface area contributed by atoms with Gasteiger partial charge >= 0.3 is 0 Å². The fourth-order valence-electron chi connectivity index (χ4n) is 0.821. The number of likely N-dealkylation sites (N-methyl/N-ethyl adjacent to an activating group) is 2. The van der Waals surface area contributed by atoms with E-state index in [1.165, 1.54) is 0 Å². The Morgan fingerprint density at radius 1 is 1.33 bits per heavy atom. The van der Waals surface area contributed by atoms with E-state index in [0.29, 0.717) is 0 Å². The minimum Gasteiger partial charge on any atom is -0.328 e. The van der Waals surface area contributed by atoms with Crippen LogP contribution in [0.4, 0.5) is 0 Å². The van der Waals surface area contributed by atoms with Crippen molar-refractivity contribution in [1.82, 2.24) is 15.2 Å². The molecule has 0 radical (unpaired) electrons. The maximum atomic E-state index is 5.19. The third kappa shape index (κ3) is 6.15. The summed E-state index contributed by atoms with van der Waals surface area (Å²) in [4.78, 5) is 4.32. The summed E-state index contributed by atoms with van der Waals surface area (Å²) in [6.45, 7) is 6.62. The lowest BCUT2D eigenvalue weighted by Crippen LogP contribution is -2.34. The van der Waals surface area contributed by atoms with Crippen molar-refractivity contribution in [2.75, 3.05) is 40.8 Å². The Kier molecular flexibility index (Phi) is 5.70. The summed E-state index contributed by atoms with van der Waals surface area (Å²) < 4.78 is 0. The van der Waals surface area contributed by atoms with Crippen LogP contribution in [0.15, 0.2) is 12.3 Å². The molecule has 0 aliphatic carbocycles. The molecule has 0 amide bonds. The highest BCUT2D eigenvalue weighted by Crippen LogP contribution is 1.88. The van der Waals surface area contributed by atoms with E-state index in [4.69, 9.17) is 5.84 Å². The fourth-order valence-corrected chi connectivity index (χ4v) is 0.821. The van der Waals surface area contributed by atoms with Crippen molar-refractivity contribution in [3.63, 3.8) is 0 Å². The van der Waals surface area contributed by atoms with Crippen LogP contribution >= 0.6 is 0 Å². The van der Waals surface area contributed by atoms with Crippen molar-refractivity contribution < 1.29 is 0 Å². The standard InChI is InChI=1S/C8H20N4/c1-8(10-9)7-12(4)6-5-11(2)3/h10H,1,5-7,9H2,2-4H3. The molecule has 0 heterocycles. The van der Waals surface area contributed by atoms with Gasteiger partial charge in [-0.05, 0) is 21.1 Å². The Bertz CT molecular complexity index is 133. The predicted octanol–water partition coefficient (Wildman–Crippen LogP) is -0.543. The van der Waals surface area contributed by atoms with Crippen molar-refractivity contribution >= 4 is 0 Å². The van der Waals surface area contributed by atoms with E-state index in [-0.39, 0.29) is 0 Å². The van der Waals surface area contributed by atoms with Crippen molar-refractivity contribution in [3.8, 4) is 0 Å². The Labute approximate surface area is 75.0 Å².